The lowest BCUT2D eigenvalue weighted by Crippen LogP contribution is -1.95. The number of rotatable bonds is 0. The van der Waals surface area contributed by atoms with Crippen LogP contribution in [0.2, 0.25) is 0 Å². The molecule has 0 aliphatic heterocycles. The first-order valence-corrected chi connectivity index (χ1v) is 3.68. The second-order valence-corrected chi connectivity index (χ2v) is 2.65. The second kappa shape index (κ2) is 3.59. The molecule has 1 aliphatic rings. The van der Waals surface area contributed by atoms with E-state index in [0.717, 1.165) is 12.8 Å². The lowest BCUT2D eigenvalue weighted by Gasteiger charge is -2.08. The summed E-state index contributed by atoms with van der Waals surface area (Å²) >= 11 is 0. The molecule has 1 aliphatic carbocycles. The molecule has 0 atom stereocenters. The third kappa shape index (κ3) is 1.63. The molecule has 1 aromatic rings. The van der Waals surface area contributed by atoms with Crippen molar-refractivity contribution in [3.63, 3.8) is 0 Å². The summed E-state index contributed by atoms with van der Waals surface area (Å²) in [5, 5.41) is 0. The predicted octanol–water partition coefficient (Wildman–Crippen LogP) is 2.76. The highest BCUT2D eigenvalue weighted by atomic mass is 35.5. The number of hydrogen-bond acceptors (Lipinski definition) is 0. The van der Waals surface area contributed by atoms with Crippen LogP contribution in [0.15, 0.2) is 36.4 Å². The lowest BCUT2D eigenvalue weighted by atomic mass is 9.97. The molecule has 0 radical (unpaired) electrons. The van der Waals surface area contributed by atoms with Crippen LogP contribution in [-0.4, -0.2) is 0 Å². The second-order valence-electron chi connectivity index (χ2n) is 2.65. The van der Waals surface area contributed by atoms with E-state index in [-0.39, 0.29) is 12.4 Å². The van der Waals surface area contributed by atoms with Crippen molar-refractivity contribution in [2.24, 2.45) is 0 Å². The van der Waals surface area contributed by atoms with Gasteiger partial charge in [0.15, 0.2) is 0 Å². The molecule has 0 bridgehead atoms. The maximum atomic E-state index is 2.24. The van der Waals surface area contributed by atoms with Crippen LogP contribution in [0.3, 0.4) is 0 Å². The molecule has 0 heterocycles. The normalized spacial score (nSPS) is 13.5. The smallest absolute Gasteiger partial charge is 0.00945 e. The number of allylic oxidation sites excluding steroid dienone is 2. The zero-order valence-electron chi connectivity index (χ0n) is 6.29. The van der Waals surface area contributed by atoms with Crippen molar-refractivity contribution in [2.45, 2.75) is 12.8 Å². The van der Waals surface area contributed by atoms with Crippen LogP contribution in [0.25, 0.3) is 0 Å². The summed E-state index contributed by atoms with van der Waals surface area (Å²) in [7, 11) is 0. The summed E-state index contributed by atoms with van der Waals surface area (Å²) in [6.45, 7) is 0. The fourth-order valence-electron chi connectivity index (χ4n) is 1.38. The Bertz CT molecular complexity index is 236. The fraction of sp³-hybridized carbons (Fsp3) is 0.200. The van der Waals surface area contributed by atoms with Crippen LogP contribution in [0.1, 0.15) is 11.1 Å². The molecule has 0 N–H and O–H groups in total. The van der Waals surface area contributed by atoms with Crippen molar-refractivity contribution in [1.82, 2.24) is 0 Å². The van der Waals surface area contributed by atoms with Gasteiger partial charge in [-0.3, -0.25) is 0 Å². The van der Waals surface area contributed by atoms with Crippen molar-refractivity contribution >= 4 is 12.4 Å². The summed E-state index contributed by atoms with van der Waals surface area (Å²) in [6, 6.07) is 8.63. The molecule has 0 fully saturated rings. The van der Waals surface area contributed by atoms with Gasteiger partial charge in [-0.2, -0.15) is 0 Å². The average molecular weight is 167 g/mol. The summed E-state index contributed by atoms with van der Waals surface area (Å²) < 4.78 is 0. The Morgan fingerprint density at radius 2 is 1.27 bits per heavy atom. The molecule has 11 heavy (non-hydrogen) atoms. The van der Waals surface area contributed by atoms with Crippen LogP contribution in [0.4, 0.5) is 0 Å². The Balaban J connectivity index is 0.000000605. The van der Waals surface area contributed by atoms with E-state index in [1.54, 1.807) is 0 Å². The Hall–Kier alpha value is -0.750. The van der Waals surface area contributed by atoms with Crippen molar-refractivity contribution in [3.05, 3.63) is 47.5 Å². The zero-order valence-corrected chi connectivity index (χ0v) is 7.10. The van der Waals surface area contributed by atoms with Gasteiger partial charge in [0.2, 0.25) is 0 Å². The quantitative estimate of drug-likeness (QED) is 0.520. The largest absolute Gasteiger partial charge is 0.147 e. The molecule has 0 saturated carbocycles. The van der Waals surface area contributed by atoms with Gasteiger partial charge in [0, 0.05) is 0 Å². The van der Waals surface area contributed by atoms with Crippen LogP contribution < -0.4 is 0 Å². The van der Waals surface area contributed by atoms with Gasteiger partial charge >= 0.3 is 0 Å². The summed E-state index contributed by atoms with van der Waals surface area (Å²) in [4.78, 5) is 0. The van der Waals surface area contributed by atoms with Gasteiger partial charge in [-0.1, -0.05) is 36.4 Å². The van der Waals surface area contributed by atoms with Crippen molar-refractivity contribution in [3.8, 4) is 0 Å². The van der Waals surface area contributed by atoms with E-state index in [9.17, 15) is 0 Å². The molecule has 0 nitrogen and oxygen atoms in total. The Morgan fingerprint density at radius 3 is 1.73 bits per heavy atom. The molecule has 0 saturated heterocycles. The number of fused-ring (bicyclic) bond motifs is 1. The monoisotopic (exact) mass is 166 g/mol. The van der Waals surface area contributed by atoms with Crippen molar-refractivity contribution in [2.75, 3.05) is 0 Å². The predicted molar refractivity (Wildman–Crippen MR) is 50.2 cm³/mol. The first-order valence-electron chi connectivity index (χ1n) is 3.68. The minimum Gasteiger partial charge on any atom is -0.147 e. The number of halogens is 1. The maximum absolute atomic E-state index is 2.24. The average Bonchev–Trinajstić information content (AvgIpc) is 2.05. The highest BCUT2D eigenvalue weighted by Crippen LogP contribution is 2.14. The summed E-state index contributed by atoms with van der Waals surface area (Å²) in [6.07, 6.45) is 6.72. The molecule has 58 valence electrons. The SMILES string of the molecule is C1=CCc2ccccc2C1.Cl. The minimum atomic E-state index is 0. The highest BCUT2D eigenvalue weighted by Gasteiger charge is 2.00. The van der Waals surface area contributed by atoms with Gasteiger partial charge in [0.25, 0.3) is 0 Å². The number of hydrogen-bond donors (Lipinski definition) is 0. The summed E-state index contributed by atoms with van der Waals surface area (Å²) in [5.41, 5.74) is 2.98. The number of benzene rings is 1. The van der Waals surface area contributed by atoms with E-state index in [2.05, 4.69) is 36.4 Å². The molecule has 2 rings (SSSR count). The lowest BCUT2D eigenvalue weighted by molar-refractivity contribution is 1.09. The van der Waals surface area contributed by atoms with E-state index in [1.807, 2.05) is 0 Å². The van der Waals surface area contributed by atoms with Gasteiger partial charge in [-0.25, -0.2) is 0 Å². The molecule has 0 amide bonds. The third-order valence-electron chi connectivity index (χ3n) is 1.96. The van der Waals surface area contributed by atoms with E-state index in [0.29, 0.717) is 0 Å². The van der Waals surface area contributed by atoms with Gasteiger partial charge < -0.3 is 0 Å². The van der Waals surface area contributed by atoms with E-state index >= 15 is 0 Å². The topological polar surface area (TPSA) is 0 Å². The summed E-state index contributed by atoms with van der Waals surface area (Å²) in [5.74, 6) is 0. The Labute approximate surface area is 73.3 Å². The van der Waals surface area contributed by atoms with E-state index < -0.39 is 0 Å². The molecule has 0 unspecified atom stereocenters. The Morgan fingerprint density at radius 1 is 0.818 bits per heavy atom. The van der Waals surface area contributed by atoms with Crippen molar-refractivity contribution < 1.29 is 0 Å². The molecule has 0 spiro atoms. The van der Waals surface area contributed by atoms with Crippen LogP contribution in [0.5, 0.6) is 0 Å². The standard InChI is InChI=1S/C10H10.ClH/c1-2-6-10-8-4-3-7-9(10)5-1;/h1-6H,7-8H2;1H. The zero-order chi connectivity index (χ0) is 6.81. The molecular weight excluding hydrogens is 156 g/mol. The molecule has 0 aromatic heterocycles. The highest BCUT2D eigenvalue weighted by molar-refractivity contribution is 5.85. The minimum absolute atomic E-state index is 0. The van der Waals surface area contributed by atoms with Crippen LogP contribution >= 0.6 is 12.4 Å². The fourth-order valence-corrected chi connectivity index (χ4v) is 1.38. The first-order chi connectivity index (χ1) is 4.97. The molecule has 1 heteroatoms. The van der Waals surface area contributed by atoms with Gasteiger partial charge in [0.1, 0.15) is 0 Å². The van der Waals surface area contributed by atoms with Gasteiger partial charge in [-0.15, -0.1) is 12.4 Å². The first kappa shape index (κ1) is 8.35. The van der Waals surface area contributed by atoms with Crippen LogP contribution in [-0.2, 0) is 12.8 Å². The van der Waals surface area contributed by atoms with Crippen LogP contribution in [0, 0.1) is 0 Å². The van der Waals surface area contributed by atoms with Crippen molar-refractivity contribution in [1.29, 1.82) is 0 Å². The van der Waals surface area contributed by atoms with Gasteiger partial charge in [0.05, 0.1) is 0 Å². The third-order valence-corrected chi connectivity index (χ3v) is 1.96. The van der Waals surface area contributed by atoms with E-state index in [1.165, 1.54) is 11.1 Å². The molecule has 1 aromatic carbocycles. The maximum Gasteiger partial charge on any atom is -0.00945 e. The molecular formula is C10H11Cl. The van der Waals surface area contributed by atoms with Gasteiger partial charge in [-0.05, 0) is 24.0 Å². The Kier molecular flexibility index (Phi) is 2.72. The van der Waals surface area contributed by atoms with E-state index in [4.69, 9.17) is 0 Å².